The third-order valence-corrected chi connectivity index (χ3v) is 7.66. The Kier molecular flexibility index (Phi) is 5.06. The molecule has 9 heteroatoms. The minimum Gasteiger partial charge on any atom is -0.431 e. The molecule has 1 aliphatic heterocycles. The average Bonchev–Trinajstić information content (AvgIpc) is 3.63. The number of hydrogen-bond donors (Lipinski definition) is 1. The first kappa shape index (κ1) is 20.4. The normalized spacial score (nSPS) is 30.0. The molecule has 4 atom stereocenters. The van der Waals surface area contributed by atoms with Crippen molar-refractivity contribution in [1.29, 1.82) is 0 Å². The highest BCUT2D eigenvalue weighted by Crippen LogP contribution is 2.64. The number of nitrogen functional groups attached to an aromatic ring is 1. The molecule has 32 heavy (non-hydrogen) atoms. The Balaban J connectivity index is 1.23. The number of anilines is 1. The molecule has 3 heterocycles. The van der Waals surface area contributed by atoms with Gasteiger partial charge in [0, 0.05) is 49.0 Å². The molecule has 2 N–H and O–H groups in total. The SMILES string of the molecule is Nc1ncc(-c2cc([C@H]3[C@@H]4C[C@H](N5CCOCC5)C[C@@H]43)n(CC3CC3)n2)cc1OC(F)F. The van der Waals surface area contributed by atoms with Crippen LogP contribution in [0.2, 0.25) is 0 Å². The first-order valence-electron chi connectivity index (χ1n) is 11.7. The van der Waals surface area contributed by atoms with E-state index in [0.29, 0.717) is 35.3 Å². The minimum atomic E-state index is -2.94. The van der Waals surface area contributed by atoms with Crippen molar-refractivity contribution in [3.05, 3.63) is 24.0 Å². The fraction of sp³-hybridized carbons (Fsp3) is 0.652. The van der Waals surface area contributed by atoms with Gasteiger partial charge in [-0.05, 0) is 55.6 Å². The quantitative estimate of drug-likeness (QED) is 0.704. The van der Waals surface area contributed by atoms with Crippen LogP contribution in [0.3, 0.4) is 0 Å². The predicted octanol–water partition coefficient (Wildman–Crippen LogP) is 3.36. The summed E-state index contributed by atoms with van der Waals surface area (Å²) in [5.74, 6) is 2.53. The van der Waals surface area contributed by atoms with Gasteiger partial charge in [0.1, 0.15) is 0 Å². The van der Waals surface area contributed by atoms with E-state index in [1.54, 1.807) is 6.20 Å². The number of pyridine rings is 1. The molecular weight excluding hydrogens is 416 g/mol. The van der Waals surface area contributed by atoms with Gasteiger partial charge in [-0.2, -0.15) is 13.9 Å². The van der Waals surface area contributed by atoms with Gasteiger partial charge in [-0.25, -0.2) is 4.98 Å². The Labute approximate surface area is 185 Å². The van der Waals surface area contributed by atoms with Gasteiger partial charge in [-0.3, -0.25) is 9.58 Å². The average molecular weight is 446 g/mol. The van der Waals surface area contributed by atoms with Crippen molar-refractivity contribution in [2.75, 3.05) is 32.0 Å². The molecule has 0 radical (unpaired) electrons. The van der Waals surface area contributed by atoms with E-state index >= 15 is 0 Å². The second-order valence-corrected chi connectivity index (χ2v) is 9.69. The Hall–Kier alpha value is -2.26. The summed E-state index contributed by atoms with van der Waals surface area (Å²) in [7, 11) is 0. The molecular formula is C23H29F2N5O2. The van der Waals surface area contributed by atoms with Crippen LogP contribution in [0.5, 0.6) is 5.75 Å². The van der Waals surface area contributed by atoms with E-state index in [9.17, 15) is 8.78 Å². The van der Waals surface area contributed by atoms with Gasteiger partial charge in [0.2, 0.25) is 0 Å². The summed E-state index contributed by atoms with van der Waals surface area (Å²) in [4.78, 5) is 6.66. The molecule has 2 aromatic heterocycles. The predicted molar refractivity (Wildman–Crippen MR) is 114 cm³/mol. The molecule has 0 bridgehead atoms. The minimum absolute atomic E-state index is 0.0439. The van der Waals surface area contributed by atoms with Gasteiger partial charge >= 0.3 is 6.61 Å². The lowest BCUT2D eigenvalue weighted by molar-refractivity contribution is -0.0494. The van der Waals surface area contributed by atoms with Crippen LogP contribution in [0.15, 0.2) is 18.3 Å². The maximum Gasteiger partial charge on any atom is 0.387 e. The number of rotatable bonds is 7. The number of fused-ring (bicyclic) bond motifs is 1. The summed E-state index contributed by atoms with van der Waals surface area (Å²) >= 11 is 0. The van der Waals surface area contributed by atoms with Crippen molar-refractivity contribution in [1.82, 2.24) is 19.7 Å². The number of hydrogen-bond acceptors (Lipinski definition) is 6. The van der Waals surface area contributed by atoms with E-state index in [4.69, 9.17) is 15.6 Å². The zero-order valence-electron chi connectivity index (χ0n) is 18.0. The molecule has 3 saturated carbocycles. The number of ether oxygens (including phenoxy) is 2. The highest BCUT2D eigenvalue weighted by molar-refractivity contribution is 5.64. The van der Waals surface area contributed by atoms with Crippen LogP contribution in [0, 0.1) is 17.8 Å². The highest BCUT2D eigenvalue weighted by atomic mass is 19.3. The van der Waals surface area contributed by atoms with Gasteiger partial charge in [-0.15, -0.1) is 0 Å². The number of nitrogens with zero attached hydrogens (tertiary/aromatic N) is 4. The Morgan fingerprint density at radius 1 is 1.16 bits per heavy atom. The van der Waals surface area contributed by atoms with E-state index in [1.807, 2.05) is 0 Å². The van der Waals surface area contributed by atoms with E-state index in [-0.39, 0.29) is 11.6 Å². The second-order valence-electron chi connectivity index (χ2n) is 9.69. The second kappa shape index (κ2) is 7.95. The van der Waals surface area contributed by atoms with Gasteiger partial charge in [0.15, 0.2) is 11.6 Å². The molecule has 0 aromatic carbocycles. The Morgan fingerprint density at radius 2 is 1.91 bits per heavy atom. The smallest absolute Gasteiger partial charge is 0.387 e. The van der Waals surface area contributed by atoms with Crippen LogP contribution in [0.4, 0.5) is 14.6 Å². The number of nitrogens with two attached hydrogens (primary N) is 1. The van der Waals surface area contributed by atoms with E-state index < -0.39 is 6.61 Å². The molecule has 0 amide bonds. The number of aromatic nitrogens is 3. The molecule has 0 unspecified atom stereocenters. The summed E-state index contributed by atoms with van der Waals surface area (Å²) < 4.78 is 37.7. The topological polar surface area (TPSA) is 78.4 Å². The lowest BCUT2D eigenvalue weighted by Gasteiger charge is -2.33. The van der Waals surface area contributed by atoms with Gasteiger partial charge in [0.05, 0.1) is 18.9 Å². The Morgan fingerprint density at radius 3 is 2.59 bits per heavy atom. The summed E-state index contributed by atoms with van der Waals surface area (Å²) in [6.45, 7) is 1.78. The summed E-state index contributed by atoms with van der Waals surface area (Å²) in [6.07, 6.45) is 6.58. The van der Waals surface area contributed by atoms with Gasteiger partial charge in [-0.1, -0.05) is 0 Å². The van der Waals surface area contributed by atoms with Crippen molar-refractivity contribution < 1.29 is 18.3 Å². The van der Waals surface area contributed by atoms with Crippen LogP contribution in [0.25, 0.3) is 11.3 Å². The van der Waals surface area contributed by atoms with Crippen LogP contribution >= 0.6 is 0 Å². The van der Waals surface area contributed by atoms with Crippen LogP contribution in [-0.4, -0.2) is 58.6 Å². The molecule has 1 saturated heterocycles. The molecule has 4 fully saturated rings. The zero-order chi connectivity index (χ0) is 21.8. The molecule has 7 nitrogen and oxygen atoms in total. The number of alkyl halides is 2. The maximum absolute atomic E-state index is 12.7. The van der Waals surface area contributed by atoms with Crippen LogP contribution in [-0.2, 0) is 11.3 Å². The van der Waals surface area contributed by atoms with Crippen LogP contribution < -0.4 is 10.5 Å². The molecule has 2 aromatic rings. The summed E-state index contributed by atoms with van der Waals surface area (Å²) in [6, 6.07) is 4.33. The monoisotopic (exact) mass is 445 g/mol. The third-order valence-electron chi connectivity index (χ3n) is 7.66. The van der Waals surface area contributed by atoms with E-state index in [1.165, 1.54) is 37.4 Å². The molecule has 6 rings (SSSR count). The third kappa shape index (κ3) is 3.85. The van der Waals surface area contributed by atoms with Gasteiger partial charge < -0.3 is 15.2 Å². The first-order valence-corrected chi connectivity index (χ1v) is 11.7. The first-order chi connectivity index (χ1) is 15.6. The molecule has 172 valence electrons. The van der Waals surface area contributed by atoms with Crippen molar-refractivity contribution >= 4 is 5.82 Å². The number of morpholine rings is 1. The largest absolute Gasteiger partial charge is 0.431 e. The molecule has 0 spiro atoms. The summed E-state index contributed by atoms with van der Waals surface area (Å²) in [5, 5.41) is 4.87. The lowest BCUT2D eigenvalue weighted by Crippen LogP contribution is -2.43. The van der Waals surface area contributed by atoms with Crippen molar-refractivity contribution in [2.45, 2.75) is 50.8 Å². The number of halogens is 2. The summed E-state index contributed by atoms with van der Waals surface area (Å²) in [5.41, 5.74) is 8.41. The van der Waals surface area contributed by atoms with Crippen molar-refractivity contribution in [3.8, 4) is 17.0 Å². The van der Waals surface area contributed by atoms with E-state index in [2.05, 4.69) is 25.4 Å². The van der Waals surface area contributed by atoms with Crippen LogP contribution in [0.1, 0.15) is 37.3 Å². The fourth-order valence-corrected chi connectivity index (χ4v) is 5.81. The molecule has 4 aliphatic rings. The molecule has 3 aliphatic carbocycles. The van der Waals surface area contributed by atoms with Gasteiger partial charge in [0.25, 0.3) is 0 Å². The standard InChI is InChI=1S/C23H29F2N5O2/c24-23(25)32-20-7-14(11-27-22(20)26)18-10-19(30(28-18)12-13-1-2-13)21-16-8-15(9-17(16)21)29-3-5-31-6-4-29/h7,10-11,13,15-17,21,23H,1-6,8-9,12H2,(H2,26,27)/t15-,16+,17-,21-. The zero-order valence-corrected chi connectivity index (χ0v) is 18.0. The highest BCUT2D eigenvalue weighted by Gasteiger charge is 2.58. The maximum atomic E-state index is 12.7. The lowest BCUT2D eigenvalue weighted by atomic mass is 10.0. The van der Waals surface area contributed by atoms with Crippen molar-refractivity contribution in [3.63, 3.8) is 0 Å². The Bertz CT molecular complexity index is 977. The van der Waals surface area contributed by atoms with E-state index in [0.717, 1.165) is 38.5 Å². The fourth-order valence-electron chi connectivity index (χ4n) is 5.81. The van der Waals surface area contributed by atoms with Crippen molar-refractivity contribution in [2.24, 2.45) is 17.8 Å².